The van der Waals surface area contributed by atoms with Crippen LogP contribution in [0.15, 0.2) is 23.1 Å². The zero-order valence-electron chi connectivity index (χ0n) is 11.7. The lowest BCUT2D eigenvalue weighted by atomic mass is 10.2. The molecule has 0 fully saturated rings. The van der Waals surface area contributed by atoms with Gasteiger partial charge in [0.05, 0.1) is 10.6 Å². The molecule has 0 saturated heterocycles. The summed E-state index contributed by atoms with van der Waals surface area (Å²) in [5.41, 5.74) is -0.746. The van der Waals surface area contributed by atoms with Gasteiger partial charge in [0, 0.05) is 0 Å². The number of anilines is 1. The van der Waals surface area contributed by atoms with Crippen LogP contribution in [0.5, 0.6) is 5.75 Å². The first kappa shape index (κ1) is 16.3. The molecule has 112 valence electrons. The van der Waals surface area contributed by atoms with E-state index in [0.717, 1.165) is 6.07 Å². The summed E-state index contributed by atoms with van der Waals surface area (Å²) in [5.74, 6) is -0.258. The number of sulfonamides is 1. The Morgan fingerprint density at radius 2 is 1.90 bits per heavy atom. The van der Waals surface area contributed by atoms with Crippen LogP contribution in [-0.2, 0) is 14.8 Å². The normalized spacial score (nSPS) is 12.0. The monoisotopic (exact) mass is 302 g/mol. The number of benzene rings is 1. The van der Waals surface area contributed by atoms with Crippen molar-refractivity contribution < 1.29 is 23.1 Å². The molecule has 0 aliphatic rings. The summed E-state index contributed by atoms with van der Waals surface area (Å²) in [6, 6.07) is 3.55. The summed E-state index contributed by atoms with van der Waals surface area (Å²) in [6.07, 6.45) is -0.785. The standard InChI is InChI=1S/C12H18N2O5S/c1-12(2,3)19-11(16)14-9-7-8(5-6-10(9)15)20(17,18)13-4/h5-7,13,15H,1-4H3,(H,14,16). The van der Waals surface area contributed by atoms with E-state index in [2.05, 4.69) is 10.0 Å². The number of rotatable bonds is 3. The lowest BCUT2D eigenvalue weighted by Gasteiger charge is -2.20. The second-order valence-corrected chi connectivity index (χ2v) is 6.90. The molecule has 1 amide bonds. The number of hydrogen-bond acceptors (Lipinski definition) is 5. The van der Waals surface area contributed by atoms with Crippen molar-refractivity contribution in [3.8, 4) is 5.75 Å². The number of nitrogens with one attached hydrogen (secondary N) is 2. The third-order valence-electron chi connectivity index (χ3n) is 2.18. The van der Waals surface area contributed by atoms with Gasteiger partial charge in [-0.15, -0.1) is 0 Å². The van der Waals surface area contributed by atoms with Crippen LogP contribution in [0.1, 0.15) is 20.8 Å². The Morgan fingerprint density at radius 1 is 1.30 bits per heavy atom. The Hall–Kier alpha value is -1.80. The van der Waals surface area contributed by atoms with Gasteiger partial charge in [0.1, 0.15) is 11.4 Å². The fourth-order valence-corrected chi connectivity index (χ4v) is 2.07. The minimum atomic E-state index is -3.66. The topological polar surface area (TPSA) is 105 Å². The van der Waals surface area contributed by atoms with E-state index in [1.165, 1.54) is 19.2 Å². The molecule has 0 unspecified atom stereocenters. The molecule has 3 N–H and O–H groups in total. The lowest BCUT2D eigenvalue weighted by Crippen LogP contribution is -2.27. The van der Waals surface area contributed by atoms with Crippen LogP contribution in [0.4, 0.5) is 10.5 Å². The molecular weight excluding hydrogens is 284 g/mol. The van der Waals surface area contributed by atoms with E-state index in [4.69, 9.17) is 4.74 Å². The van der Waals surface area contributed by atoms with Crippen molar-refractivity contribution in [1.29, 1.82) is 0 Å². The number of ether oxygens (including phenoxy) is 1. The van der Waals surface area contributed by atoms with Gasteiger partial charge >= 0.3 is 6.09 Å². The Bertz CT molecular complexity index is 605. The van der Waals surface area contributed by atoms with Crippen molar-refractivity contribution in [2.24, 2.45) is 0 Å². The number of aromatic hydroxyl groups is 1. The second kappa shape index (κ2) is 5.68. The average molecular weight is 302 g/mol. The van der Waals surface area contributed by atoms with Gasteiger partial charge < -0.3 is 9.84 Å². The van der Waals surface area contributed by atoms with Crippen LogP contribution >= 0.6 is 0 Å². The van der Waals surface area contributed by atoms with Crippen molar-refractivity contribution in [1.82, 2.24) is 4.72 Å². The van der Waals surface area contributed by atoms with Crippen LogP contribution in [0.2, 0.25) is 0 Å². The predicted molar refractivity (Wildman–Crippen MR) is 74.2 cm³/mol. The van der Waals surface area contributed by atoms with Crippen molar-refractivity contribution in [2.75, 3.05) is 12.4 Å². The lowest BCUT2D eigenvalue weighted by molar-refractivity contribution is 0.0635. The molecule has 0 spiro atoms. The van der Waals surface area contributed by atoms with Gasteiger partial charge in [0.25, 0.3) is 0 Å². The maximum atomic E-state index is 11.6. The van der Waals surface area contributed by atoms with E-state index in [9.17, 15) is 18.3 Å². The predicted octanol–water partition coefficient (Wildman–Crippen LogP) is 1.65. The highest BCUT2D eigenvalue weighted by atomic mass is 32.2. The molecule has 0 atom stereocenters. The highest BCUT2D eigenvalue weighted by Crippen LogP contribution is 2.26. The fourth-order valence-electron chi connectivity index (χ4n) is 1.31. The van der Waals surface area contributed by atoms with Crippen LogP contribution in [0, 0.1) is 0 Å². The van der Waals surface area contributed by atoms with Gasteiger partial charge in [-0.25, -0.2) is 17.9 Å². The van der Waals surface area contributed by atoms with Crippen molar-refractivity contribution in [3.63, 3.8) is 0 Å². The fraction of sp³-hybridized carbons (Fsp3) is 0.417. The SMILES string of the molecule is CNS(=O)(=O)c1ccc(O)c(NC(=O)OC(C)(C)C)c1. The molecule has 0 aromatic heterocycles. The smallest absolute Gasteiger partial charge is 0.412 e. The van der Waals surface area contributed by atoms with Crippen molar-refractivity contribution in [2.45, 2.75) is 31.3 Å². The van der Waals surface area contributed by atoms with Crippen molar-refractivity contribution in [3.05, 3.63) is 18.2 Å². The van der Waals surface area contributed by atoms with E-state index in [1.54, 1.807) is 20.8 Å². The quantitative estimate of drug-likeness (QED) is 0.736. The minimum Gasteiger partial charge on any atom is -0.506 e. The Labute approximate surface area is 118 Å². The molecular formula is C12H18N2O5S. The van der Waals surface area contributed by atoms with Gasteiger partial charge in [-0.2, -0.15) is 0 Å². The maximum Gasteiger partial charge on any atom is 0.412 e. The Kier molecular flexibility index (Phi) is 4.61. The molecule has 0 bridgehead atoms. The van der Waals surface area contributed by atoms with Crippen LogP contribution in [0.3, 0.4) is 0 Å². The second-order valence-electron chi connectivity index (χ2n) is 5.01. The minimum absolute atomic E-state index is 0.0458. The molecule has 0 aliphatic heterocycles. The van der Waals surface area contributed by atoms with Gasteiger partial charge in [-0.05, 0) is 46.0 Å². The molecule has 0 aliphatic carbocycles. The molecule has 1 aromatic carbocycles. The van der Waals surface area contributed by atoms with E-state index in [1.807, 2.05) is 0 Å². The van der Waals surface area contributed by atoms with Gasteiger partial charge in [0.2, 0.25) is 10.0 Å². The van der Waals surface area contributed by atoms with Crippen LogP contribution in [0.25, 0.3) is 0 Å². The average Bonchev–Trinajstić information content (AvgIpc) is 2.29. The van der Waals surface area contributed by atoms with Crippen molar-refractivity contribution >= 4 is 21.8 Å². The first-order chi connectivity index (χ1) is 9.05. The largest absolute Gasteiger partial charge is 0.506 e. The molecule has 8 heteroatoms. The number of phenols is 1. The third-order valence-corrected chi connectivity index (χ3v) is 3.59. The molecule has 1 aromatic rings. The zero-order chi connectivity index (χ0) is 15.6. The highest BCUT2D eigenvalue weighted by Gasteiger charge is 2.19. The summed E-state index contributed by atoms with van der Waals surface area (Å²) in [5, 5.41) is 11.9. The van der Waals surface area contributed by atoms with Gasteiger partial charge in [0.15, 0.2) is 0 Å². The van der Waals surface area contributed by atoms with Gasteiger partial charge in [-0.3, -0.25) is 5.32 Å². The molecule has 1 rings (SSSR count). The number of amides is 1. The van der Waals surface area contributed by atoms with E-state index < -0.39 is 21.7 Å². The summed E-state index contributed by atoms with van der Waals surface area (Å²) in [6.45, 7) is 5.07. The maximum absolute atomic E-state index is 11.6. The van der Waals surface area contributed by atoms with Crippen LogP contribution < -0.4 is 10.0 Å². The summed E-state index contributed by atoms with van der Waals surface area (Å²) >= 11 is 0. The summed E-state index contributed by atoms with van der Waals surface area (Å²) in [7, 11) is -2.39. The molecule has 0 saturated carbocycles. The Balaban J connectivity index is 3.02. The van der Waals surface area contributed by atoms with Crippen LogP contribution in [-0.4, -0.2) is 32.3 Å². The number of phenolic OH excluding ortho intramolecular Hbond substituents is 1. The number of hydrogen-bond donors (Lipinski definition) is 3. The zero-order valence-corrected chi connectivity index (χ0v) is 12.5. The molecule has 0 radical (unpaired) electrons. The Morgan fingerprint density at radius 3 is 2.40 bits per heavy atom. The number of carbonyl (C=O) groups is 1. The van der Waals surface area contributed by atoms with E-state index >= 15 is 0 Å². The first-order valence-corrected chi connectivity index (χ1v) is 7.30. The molecule has 7 nitrogen and oxygen atoms in total. The third kappa shape index (κ3) is 4.39. The summed E-state index contributed by atoms with van der Waals surface area (Å²) in [4.78, 5) is 11.5. The molecule has 0 heterocycles. The van der Waals surface area contributed by atoms with E-state index in [0.29, 0.717) is 0 Å². The van der Waals surface area contributed by atoms with E-state index in [-0.39, 0.29) is 16.3 Å². The first-order valence-electron chi connectivity index (χ1n) is 5.82. The van der Waals surface area contributed by atoms with Gasteiger partial charge in [-0.1, -0.05) is 0 Å². The summed E-state index contributed by atoms with van der Waals surface area (Å²) < 4.78 is 30.4. The highest BCUT2D eigenvalue weighted by molar-refractivity contribution is 7.89. The molecule has 20 heavy (non-hydrogen) atoms. The number of carbonyl (C=O) groups excluding carboxylic acids is 1.